The first-order valence-corrected chi connectivity index (χ1v) is 5.65. The third-order valence-corrected chi connectivity index (χ3v) is 2.68. The predicted molar refractivity (Wildman–Crippen MR) is 66.4 cm³/mol. The average Bonchev–Trinajstić information content (AvgIpc) is 2.25. The van der Waals surface area contributed by atoms with Crippen LogP contribution in [0.3, 0.4) is 0 Å². The van der Waals surface area contributed by atoms with Crippen molar-refractivity contribution in [1.29, 1.82) is 0 Å². The number of methoxy groups -OCH3 is 1. The van der Waals surface area contributed by atoms with Crippen LogP contribution in [0, 0.1) is 6.92 Å². The average molecular weight is 258 g/mol. The van der Waals surface area contributed by atoms with Crippen molar-refractivity contribution in [2.45, 2.75) is 13.0 Å². The monoisotopic (exact) mass is 257 g/mol. The van der Waals surface area contributed by atoms with Crippen LogP contribution >= 0.6 is 11.6 Å². The van der Waals surface area contributed by atoms with E-state index in [1.54, 1.807) is 25.3 Å². The first-order chi connectivity index (χ1) is 8.06. The molecule has 0 saturated heterocycles. The summed E-state index contributed by atoms with van der Waals surface area (Å²) in [5, 5.41) is 12.7. The summed E-state index contributed by atoms with van der Waals surface area (Å²) in [5.74, 6) is -0.911. The molecule has 0 saturated carbocycles. The zero-order chi connectivity index (χ0) is 12.8. The van der Waals surface area contributed by atoms with Crippen LogP contribution in [-0.4, -0.2) is 31.3 Å². The Labute approximate surface area is 106 Å². The summed E-state index contributed by atoms with van der Waals surface area (Å²) >= 11 is 5.84. The quantitative estimate of drug-likeness (QED) is 0.766. The van der Waals surface area contributed by atoms with Gasteiger partial charge in [0.15, 0.2) is 0 Å². The molecule has 2 N–H and O–H groups in total. The van der Waals surface area contributed by atoms with Crippen LogP contribution < -0.4 is 5.32 Å². The molecule has 4 nitrogen and oxygen atoms in total. The standard InChI is InChI=1S/C12H16ClNO3/c1-8-7-9(13)3-4-10(8)11(12(15)16)14-5-6-17-2/h3-4,7,11,14H,5-6H2,1-2H3,(H,15,16). The zero-order valence-electron chi connectivity index (χ0n) is 9.87. The number of carbonyl (C=O) groups is 1. The summed E-state index contributed by atoms with van der Waals surface area (Å²) in [4.78, 5) is 11.2. The van der Waals surface area contributed by atoms with Gasteiger partial charge in [0.2, 0.25) is 0 Å². The molecule has 0 aliphatic heterocycles. The van der Waals surface area contributed by atoms with Gasteiger partial charge in [-0.15, -0.1) is 0 Å². The van der Waals surface area contributed by atoms with Crippen molar-refractivity contribution in [1.82, 2.24) is 5.32 Å². The minimum absolute atomic E-state index is 0.469. The van der Waals surface area contributed by atoms with Gasteiger partial charge in [0.25, 0.3) is 0 Å². The van der Waals surface area contributed by atoms with E-state index in [9.17, 15) is 9.90 Å². The van der Waals surface area contributed by atoms with Crippen LogP contribution in [0.4, 0.5) is 0 Å². The molecule has 0 fully saturated rings. The Bertz CT molecular complexity index is 395. The number of aryl methyl sites for hydroxylation is 1. The lowest BCUT2D eigenvalue weighted by atomic mass is 10.0. The molecular weight excluding hydrogens is 242 g/mol. The van der Waals surface area contributed by atoms with Crippen LogP contribution in [0.5, 0.6) is 0 Å². The van der Waals surface area contributed by atoms with Gasteiger partial charge in [0.05, 0.1) is 6.61 Å². The number of aliphatic carboxylic acids is 1. The molecule has 1 aromatic carbocycles. The van der Waals surface area contributed by atoms with Gasteiger partial charge in [-0.05, 0) is 30.2 Å². The topological polar surface area (TPSA) is 58.6 Å². The number of rotatable bonds is 6. The Balaban J connectivity index is 2.86. The second-order valence-corrected chi connectivity index (χ2v) is 4.16. The minimum atomic E-state index is -0.911. The lowest BCUT2D eigenvalue weighted by molar-refractivity contribution is -0.139. The third-order valence-electron chi connectivity index (χ3n) is 2.44. The molecular formula is C12H16ClNO3. The van der Waals surface area contributed by atoms with Gasteiger partial charge in [-0.2, -0.15) is 0 Å². The van der Waals surface area contributed by atoms with E-state index in [4.69, 9.17) is 16.3 Å². The van der Waals surface area contributed by atoms with Crippen LogP contribution in [0.2, 0.25) is 5.02 Å². The van der Waals surface area contributed by atoms with E-state index >= 15 is 0 Å². The molecule has 0 heterocycles. The maximum absolute atomic E-state index is 11.2. The van der Waals surface area contributed by atoms with Crippen molar-refractivity contribution >= 4 is 17.6 Å². The number of carboxylic acid groups (broad SMARTS) is 1. The van der Waals surface area contributed by atoms with E-state index in [-0.39, 0.29) is 0 Å². The molecule has 0 aliphatic rings. The molecule has 94 valence electrons. The summed E-state index contributed by atoms with van der Waals surface area (Å²) in [7, 11) is 1.57. The first kappa shape index (κ1) is 14.0. The lowest BCUT2D eigenvalue weighted by Gasteiger charge is -2.17. The summed E-state index contributed by atoms with van der Waals surface area (Å²) in [6.45, 7) is 2.79. The number of nitrogens with one attached hydrogen (secondary N) is 1. The highest BCUT2D eigenvalue weighted by Crippen LogP contribution is 2.21. The number of carboxylic acids is 1. The second-order valence-electron chi connectivity index (χ2n) is 3.72. The fraction of sp³-hybridized carbons (Fsp3) is 0.417. The molecule has 1 rings (SSSR count). The molecule has 0 radical (unpaired) electrons. The van der Waals surface area contributed by atoms with Crippen molar-refractivity contribution < 1.29 is 14.6 Å². The minimum Gasteiger partial charge on any atom is -0.480 e. The molecule has 17 heavy (non-hydrogen) atoms. The first-order valence-electron chi connectivity index (χ1n) is 5.27. The van der Waals surface area contributed by atoms with Crippen molar-refractivity contribution in [3.63, 3.8) is 0 Å². The van der Waals surface area contributed by atoms with Gasteiger partial charge in [0.1, 0.15) is 6.04 Å². The van der Waals surface area contributed by atoms with Crippen molar-refractivity contribution in [3.8, 4) is 0 Å². The Morgan fingerprint density at radius 1 is 1.59 bits per heavy atom. The van der Waals surface area contributed by atoms with Gasteiger partial charge in [-0.1, -0.05) is 17.7 Å². The molecule has 1 atom stereocenters. The summed E-state index contributed by atoms with van der Waals surface area (Å²) in [5.41, 5.74) is 1.58. The fourth-order valence-corrected chi connectivity index (χ4v) is 1.83. The largest absolute Gasteiger partial charge is 0.480 e. The number of hydrogen-bond acceptors (Lipinski definition) is 3. The van der Waals surface area contributed by atoms with Gasteiger partial charge in [-0.25, -0.2) is 0 Å². The van der Waals surface area contributed by atoms with E-state index in [0.717, 1.165) is 11.1 Å². The van der Waals surface area contributed by atoms with Gasteiger partial charge < -0.3 is 9.84 Å². The Hall–Kier alpha value is -1.10. The third kappa shape index (κ3) is 4.00. The van der Waals surface area contributed by atoms with Crippen molar-refractivity contribution in [2.24, 2.45) is 0 Å². The Morgan fingerprint density at radius 3 is 2.82 bits per heavy atom. The smallest absolute Gasteiger partial charge is 0.325 e. The molecule has 0 bridgehead atoms. The van der Waals surface area contributed by atoms with Gasteiger partial charge >= 0.3 is 5.97 Å². The Morgan fingerprint density at radius 2 is 2.29 bits per heavy atom. The predicted octanol–water partition coefficient (Wildman–Crippen LogP) is 2.01. The number of halogens is 1. The van der Waals surface area contributed by atoms with Crippen LogP contribution in [-0.2, 0) is 9.53 Å². The number of benzene rings is 1. The van der Waals surface area contributed by atoms with E-state index < -0.39 is 12.0 Å². The molecule has 0 amide bonds. The van der Waals surface area contributed by atoms with E-state index in [2.05, 4.69) is 5.32 Å². The van der Waals surface area contributed by atoms with Gasteiger partial charge in [0, 0.05) is 18.7 Å². The summed E-state index contributed by atoms with van der Waals surface area (Å²) < 4.78 is 4.88. The van der Waals surface area contributed by atoms with E-state index in [0.29, 0.717) is 18.2 Å². The lowest BCUT2D eigenvalue weighted by Crippen LogP contribution is -2.31. The van der Waals surface area contributed by atoms with Crippen LogP contribution in [0.25, 0.3) is 0 Å². The molecule has 0 aromatic heterocycles. The van der Waals surface area contributed by atoms with Crippen molar-refractivity contribution in [2.75, 3.05) is 20.3 Å². The van der Waals surface area contributed by atoms with Crippen LogP contribution in [0.1, 0.15) is 17.2 Å². The van der Waals surface area contributed by atoms with Gasteiger partial charge in [-0.3, -0.25) is 10.1 Å². The maximum Gasteiger partial charge on any atom is 0.325 e. The summed E-state index contributed by atoms with van der Waals surface area (Å²) in [6.07, 6.45) is 0. The highest BCUT2D eigenvalue weighted by Gasteiger charge is 2.20. The Kier molecular flexibility index (Phi) is 5.41. The zero-order valence-corrected chi connectivity index (χ0v) is 10.6. The van der Waals surface area contributed by atoms with Crippen LogP contribution in [0.15, 0.2) is 18.2 Å². The highest BCUT2D eigenvalue weighted by atomic mass is 35.5. The molecule has 5 heteroatoms. The highest BCUT2D eigenvalue weighted by molar-refractivity contribution is 6.30. The number of hydrogen-bond donors (Lipinski definition) is 2. The van der Waals surface area contributed by atoms with Crippen molar-refractivity contribution in [3.05, 3.63) is 34.3 Å². The normalized spacial score (nSPS) is 12.4. The molecule has 1 unspecified atom stereocenters. The van der Waals surface area contributed by atoms with E-state index in [1.165, 1.54) is 0 Å². The molecule has 0 spiro atoms. The summed E-state index contributed by atoms with van der Waals surface area (Å²) in [6, 6.07) is 4.45. The number of ether oxygens (including phenoxy) is 1. The second kappa shape index (κ2) is 6.59. The molecule has 1 aromatic rings. The fourth-order valence-electron chi connectivity index (χ4n) is 1.60. The molecule has 0 aliphatic carbocycles. The van der Waals surface area contributed by atoms with E-state index in [1.807, 2.05) is 6.92 Å². The maximum atomic E-state index is 11.2. The SMILES string of the molecule is COCCNC(C(=O)O)c1ccc(Cl)cc1C.